The maximum absolute atomic E-state index is 10.5. The minimum absolute atomic E-state index is 0.133. The van der Waals surface area contributed by atoms with Gasteiger partial charge in [-0.05, 0) is 26.3 Å². The average molecular weight is 124 g/mol. The normalized spacial score (nSPS) is 12.6. The molecule has 1 heteroatoms. The molecule has 0 fully saturated rings. The number of Topliss-reactive ketones (excluding diaryl/α,β-unsaturated/α-hetero) is 1. The van der Waals surface area contributed by atoms with Gasteiger partial charge in [-0.3, -0.25) is 4.79 Å². The standard InChI is InChI=1S/C8H12O/c1-4-5-6-7(2)8(3)9/h4-6H,1-3H3/b5-4?,7-6+. The lowest BCUT2D eigenvalue weighted by molar-refractivity contribution is -0.113. The molecular weight excluding hydrogens is 112 g/mol. The molecule has 1 nitrogen and oxygen atoms in total. The fourth-order valence-corrected chi connectivity index (χ4v) is 0.358. The fourth-order valence-electron chi connectivity index (χ4n) is 0.358. The van der Waals surface area contributed by atoms with Gasteiger partial charge in [0.05, 0.1) is 0 Å². The van der Waals surface area contributed by atoms with E-state index < -0.39 is 0 Å². The number of hydrogen-bond donors (Lipinski definition) is 0. The molecule has 0 saturated heterocycles. The highest BCUT2D eigenvalue weighted by molar-refractivity contribution is 5.92. The first kappa shape index (κ1) is 8.15. The summed E-state index contributed by atoms with van der Waals surface area (Å²) in [7, 11) is 0. The van der Waals surface area contributed by atoms with Crippen LogP contribution in [0.4, 0.5) is 0 Å². The molecule has 0 aromatic rings. The summed E-state index contributed by atoms with van der Waals surface area (Å²) < 4.78 is 0. The van der Waals surface area contributed by atoms with Crippen LogP contribution in [0.1, 0.15) is 20.8 Å². The smallest absolute Gasteiger partial charge is 0.155 e. The molecule has 0 amide bonds. The first-order chi connectivity index (χ1) is 4.18. The number of carbonyl (C=O) groups excluding carboxylic acids is 1. The maximum Gasteiger partial charge on any atom is 0.155 e. The van der Waals surface area contributed by atoms with Crippen molar-refractivity contribution in [3.8, 4) is 0 Å². The summed E-state index contributed by atoms with van der Waals surface area (Å²) in [5, 5.41) is 0. The Morgan fingerprint density at radius 1 is 1.33 bits per heavy atom. The van der Waals surface area contributed by atoms with Gasteiger partial charge in [-0.25, -0.2) is 0 Å². The van der Waals surface area contributed by atoms with Gasteiger partial charge in [-0.15, -0.1) is 0 Å². The summed E-state index contributed by atoms with van der Waals surface area (Å²) in [5.41, 5.74) is 0.799. The van der Waals surface area contributed by atoms with Crippen LogP contribution in [0.15, 0.2) is 23.8 Å². The summed E-state index contributed by atoms with van der Waals surface area (Å²) >= 11 is 0. The zero-order chi connectivity index (χ0) is 7.28. The number of carbonyl (C=O) groups is 1. The van der Waals surface area contributed by atoms with E-state index in [1.54, 1.807) is 6.92 Å². The van der Waals surface area contributed by atoms with E-state index in [0.717, 1.165) is 5.57 Å². The third-order valence-corrected chi connectivity index (χ3v) is 1.09. The topological polar surface area (TPSA) is 17.1 Å². The number of ketones is 1. The lowest BCUT2D eigenvalue weighted by atomic mass is 10.2. The number of allylic oxidation sites excluding steroid dienone is 4. The second kappa shape index (κ2) is 4.07. The van der Waals surface area contributed by atoms with Crippen molar-refractivity contribution >= 4 is 5.78 Å². The maximum atomic E-state index is 10.5. The minimum Gasteiger partial charge on any atom is -0.295 e. The molecule has 0 bridgehead atoms. The fraction of sp³-hybridized carbons (Fsp3) is 0.375. The average Bonchev–Trinajstić information content (AvgIpc) is 1.82. The van der Waals surface area contributed by atoms with E-state index in [-0.39, 0.29) is 5.78 Å². The van der Waals surface area contributed by atoms with Crippen LogP contribution >= 0.6 is 0 Å². The van der Waals surface area contributed by atoms with E-state index in [2.05, 4.69) is 0 Å². The molecule has 0 aliphatic rings. The van der Waals surface area contributed by atoms with Gasteiger partial charge < -0.3 is 0 Å². The third kappa shape index (κ3) is 3.71. The first-order valence-corrected chi connectivity index (χ1v) is 2.99. The molecule has 50 valence electrons. The van der Waals surface area contributed by atoms with Gasteiger partial charge in [0.2, 0.25) is 0 Å². The zero-order valence-corrected chi connectivity index (χ0v) is 6.14. The molecule has 0 aromatic carbocycles. The Bertz CT molecular complexity index is 152. The van der Waals surface area contributed by atoms with E-state index in [9.17, 15) is 4.79 Å². The van der Waals surface area contributed by atoms with Gasteiger partial charge in [-0.2, -0.15) is 0 Å². The molecule has 0 aromatic heterocycles. The van der Waals surface area contributed by atoms with Crippen LogP contribution in [0, 0.1) is 0 Å². The van der Waals surface area contributed by atoms with Crippen LogP contribution < -0.4 is 0 Å². The number of rotatable bonds is 2. The quantitative estimate of drug-likeness (QED) is 0.407. The summed E-state index contributed by atoms with van der Waals surface area (Å²) in [4.78, 5) is 10.5. The Balaban J connectivity index is 4.00. The van der Waals surface area contributed by atoms with Gasteiger partial charge in [0.1, 0.15) is 0 Å². The predicted molar refractivity (Wildman–Crippen MR) is 39.3 cm³/mol. The summed E-state index contributed by atoms with van der Waals surface area (Å²) in [6.07, 6.45) is 5.56. The van der Waals surface area contributed by atoms with Crippen molar-refractivity contribution < 1.29 is 4.79 Å². The van der Waals surface area contributed by atoms with E-state index in [1.807, 2.05) is 32.1 Å². The highest BCUT2D eigenvalue weighted by Crippen LogP contribution is 1.93. The molecule has 9 heavy (non-hydrogen) atoms. The molecule has 0 radical (unpaired) electrons. The van der Waals surface area contributed by atoms with Crippen LogP contribution in [0.5, 0.6) is 0 Å². The van der Waals surface area contributed by atoms with E-state index in [0.29, 0.717) is 0 Å². The summed E-state index contributed by atoms with van der Waals surface area (Å²) in [5.74, 6) is 0.133. The molecule has 0 heterocycles. The highest BCUT2D eigenvalue weighted by atomic mass is 16.1. The van der Waals surface area contributed by atoms with Gasteiger partial charge in [0.25, 0.3) is 0 Å². The molecule has 0 aliphatic heterocycles. The van der Waals surface area contributed by atoms with Crippen molar-refractivity contribution in [2.45, 2.75) is 20.8 Å². The van der Waals surface area contributed by atoms with Gasteiger partial charge in [0.15, 0.2) is 5.78 Å². The molecule has 0 rings (SSSR count). The summed E-state index contributed by atoms with van der Waals surface area (Å²) in [6.45, 7) is 5.29. The van der Waals surface area contributed by atoms with Gasteiger partial charge >= 0.3 is 0 Å². The first-order valence-electron chi connectivity index (χ1n) is 2.99. The largest absolute Gasteiger partial charge is 0.295 e. The predicted octanol–water partition coefficient (Wildman–Crippen LogP) is 2.10. The van der Waals surface area contributed by atoms with Crippen LogP contribution in [-0.2, 0) is 4.79 Å². The zero-order valence-electron chi connectivity index (χ0n) is 6.14. The molecule has 0 aliphatic carbocycles. The summed E-state index contributed by atoms with van der Waals surface area (Å²) in [6, 6.07) is 0. The van der Waals surface area contributed by atoms with Gasteiger partial charge in [0, 0.05) is 0 Å². The van der Waals surface area contributed by atoms with Crippen LogP contribution in [0.3, 0.4) is 0 Å². The molecule has 0 atom stereocenters. The van der Waals surface area contributed by atoms with Crippen LogP contribution in [0.25, 0.3) is 0 Å². The van der Waals surface area contributed by atoms with Crippen molar-refractivity contribution in [1.82, 2.24) is 0 Å². The monoisotopic (exact) mass is 124 g/mol. The van der Waals surface area contributed by atoms with Crippen molar-refractivity contribution in [3.05, 3.63) is 23.8 Å². The highest BCUT2D eigenvalue weighted by Gasteiger charge is 1.90. The van der Waals surface area contributed by atoms with E-state index in [1.165, 1.54) is 0 Å². The van der Waals surface area contributed by atoms with E-state index in [4.69, 9.17) is 0 Å². The Morgan fingerprint density at radius 2 is 1.89 bits per heavy atom. The van der Waals surface area contributed by atoms with Crippen LogP contribution in [0.2, 0.25) is 0 Å². The Morgan fingerprint density at radius 3 is 2.22 bits per heavy atom. The third-order valence-electron chi connectivity index (χ3n) is 1.09. The Kier molecular flexibility index (Phi) is 3.69. The molecule has 0 saturated carbocycles. The molecule has 0 spiro atoms. The SMILES string of the molecule is CC=C/C=C(\C)C(C)=O. The Hall–Kier alpha value is -0.850. The lowest BCUT2D eigenvalue weighted by Crippen LogP contribution is -1.89. The second-order valence-corrected chi connectivity index (χ2v) is 1.93. The van der Waals surface area contributed by atoms with Crippen molar-refractivity contribution in [2.75, 3.05) is 0 Å². The molecule has 0 N–H and O–H groups in total. The van der Waals surface area contributed by atoms with Gasteiger partial charge in [-0.1, -0.05) is 18.2 Å². The van der Waals surface area contributed by atoms with Crippen molar-refractivity contribution in [2.24, 2.45) is 0 Å². The molecular formula is C8H12O. The minimum atomic E-state index is 0.133. The lowest BCUT2D eigenvalue weighted by Gasteiger charge is -1.87. The van der Waals surface area contributed by atoms with E-state index >= 15 is 0 Å². The number of hydrogen-bond acceptors (Lipinski definition) is 1. The second-order valence-electron chi connectivity index (χ2n) is 1.93. The molecule has 0 unspecified atom stereocenters. The van der Waals surface area contributed by atoms with Crippen LogP contribution in [-0.4, -0.2) is 5.78 Å². The van der Waals surface area contributed by atoms with Crippen molar-refractivity contribution in [3.63, 3.8) is 0 Å². The van der Waals surface area contributed by atoms with Crippen molar-refractivity contribution in [1.29, 1.82) is 0 Å². The Labute approximate surface area is 56.1 Å².